The highest BCUT2D eigenvalue weighted by molar-refractivity contribution is 6.35. The van der Waals surface area contributed by atoms with E-state index in [-0.39, 0.29) is 5.97 Å². The van der Waals surface area contributed by atoms with Gasteiger partial charge in [0.1, 0.15) is 5.52 Å². The van der Waals surface area contributed by atoms with Crippen LogP contribution in [-0.4, -0.2) is 42.6 Å². The van der Waals surface area contributed by atoms with E-state index < -0.39 is 0 Å². The highest BCUT2D eigenvalue weighted by Gasteiger charge is 2.19. The Balaban J connectivity index is 1.39. The Labute approximate surface area is 179 Å². The number of likely N-dealkylation sites (tertiary alicyclic amines) is 1. The number of hydrogen-bond donors (Lipinski definition) is 0. The molecule has 4 rings (SSSR count). The quantitative estimate of drug-likeness (QED) is 0.369. The first-order valence-electron chi connectivity index (χ1n) is 9.70. The lowest BCUT2D eigenvalue weighted by atomic mass is 10.0. The normalized spacial score (nSPS) is 17.1. The van der Waals surface area contributed by atoms with Crippen LogP contribution in [0, 0.1) is 5.92 Å². The first-order chi connectivity index (χ1) is 14.0. The fraction of sp³-hybridized carbons (Fsp3) is 0.364. The highest BCUT2D eigenvalue weighted by Crippen LogP contribution is 2.29. The molecule has 7 heteroatoms. The van der Waals surface area contributed by atoms with E-state index in [2.05, 4.69) is 16.9 Å². The van der Waals surface area contributed by atoms with Crippen LogP contribution in [0.3, 0.4) is 0 Å². The number of benzene rings is 2. The van der Waals surface area contributed by atoms with Crippen LogP contribution < -0.4 is 0 Å². The van der Waals surface area contributed by atoms with Crippen molar-refractivity contribution in [2.45, 2.75) is 19.3 Å². The standard InChI is InChI=1S/C22H22Cl2N2O3/c1-26-7-6-14(13-26)3-2-8-28-22(27)15-4-5-19-20(11-15)29-21(25-19)16-9-17(23)12-18(24)10-16/h4-5,9-12,14H,2-3,6-8,13H2,1H3. The molecule has 0 bridgehead atoms. The van der Waals surface area contributed by atoms with E-state index in [4.69, 9.17) is 32.4 Å². The second-order valence-electron chi connectivity index (χ2n) is 7.55. The van der Waals surface area contributed by atoms with Crippen LogP contribution in [-0.2, 0) is 4.74 Å². The number of oxazole rings is 1. The molecule has 3 aromatic rings. The topological polar surface area (TPSA) is 55.6 Å². The Hall–Kier alpha value is -2.08. The second kappa shape index (κ2) is 8.74. The number of esters is 1. The smallest absolute Gasteiger partial charge is 0.338 e. The summed E-state index contributed by atoms with van der Waals surface area (Å²) in [4.78, 5) is 19.2. The summed E-state index contributed by atoms with van der Waals surface area (Å²) in [5.74, 6) is 0.762. The Morgan fingerprint density at radius 1 is 1.24 bits per heavy atom. The van der Waals surface area contributed by atoms with E-state index in [1.807, 2.05) is 0 Å². The molecule has 1 unspecified atom stereocenters. The molecule has 152 valence electrons. The zero-order valence-corrected chi connectivity index (χ0v) is 17.7. The number of aromatic nitrogens is 1. The van der Waals surface area contributed by atoms with Crippen molar-refractivity contribution in [3.8, 4) is 11.5 Å². The van der Waals surface area contributed by atoms with Crippen molar-refractivity contribution in [3.63, 3.8) is 0 Å². The van der Waals surface area contributed by atoms with Gasteiger partial charge in [-0.3, -0.25) is 0 Å². The number of halogens is 2. The molecule has 0 amide bonds. The number of rotatable bonds is 6. The maximum absolute atomic E-state index is 12.4. The average Bonchev–Trinajstić information content (AvgIpc) is 3.29. The number of hydrogen-bond acceptors (Lipinski definition) is 5. The Morgan fingerprint density at radius 2 is 2.03 bits per heavy atom. The van der Waals surface area contributed by atoms with Crippen LogP contribution in [0.15, 0.2) is 40.8 Å². The van der Waals surface area contributed by atoms with Gasteiger partial charge in [-0.1, -0.05) is 23.2 Å². The average molecular weight is 433 g/mol. The molecule has 0 aliphatic carbocycles. The SMILES string of the molecule is CN1CCC(CCCOC(=O)c2ccc3nc(-c4cc(Cl)cc(Cl)c4)oc3c2)C1. The predicted octanol–water partition coefficient (Wildman–Crippen LogP) is 5.69. The molecule has 1 aromatic heterocycles. The summed E-state index contributed by atoms with van der Waals surface area (Å²) in [6, 6.07) is 10.2. The summed E-state index contributed by atoms with van der Waals surface area (Å²) < 4.78 is 11.3. The number of carbonyl (C=O) groups is 1. The van der Waals surface area contributed by atoms with Crippen LogP contribution in [0.5, 0.6) is 0 Å². The van der Waals surface area contributed by atoms with Gasteiger partial charge in [0.2, 0.25) is 5.89 Å². The molecule has 1 atom stereocenters. The fourth-order valence-electron chi connectivity index (χ4n) is 3.73. The van der Waals surface area contributed by atoms with E-state index >= 15 is 0 Å². The van der Waals surface area contributed by atoms with Crippen molar-refractivity contribution in [3.05, 3.63) is 52.0 Å². The van der Waals surface area contributed by atoms with E-state index in [0.717, 1.165) is 25.9 Å². The molecule has 0 N–H and O–H groups in total. The first-order valence-corrected chi connectivity index (χ1v) is 10.5. The largest absolute Gasteiger partial charge is 0.462 e. The van der Waals surface area contributed by atoms with Gasteiger partial charge in [0.15, 0.2) is 5.58 Å². The van der Waals surface area contributed by atoms with Gasteiger partial charge in [-0.15, -0.1) is 0 Å². The summed E-state index contributed by atoms with van der Waals surface area (Å²) in [5.41, 5.74) is 2.29. The van der Waals surface area contributed by atoms with Gasteiger partial charge in [0, 0.05) is 22.2 Å². The molecular formula is C22H22Cl2N2O3. The summed E-state index contributed by atoms with van der Waals surface area (Å²) in [6.07, 6.45) is 3.20. The third kappa shape index (κ3) is 4.92. The fourth-order valence-corrected chi connectivity index (χ4v) is 4.26. The molecule has 1 aliphatic heterocycles. The van der Waals surface area contributed by atoms with E-state index in [9.17, 15) is 4.79 Å². The van der Waals surface area contributed by atoms with Crippen LogP contribution >= 0.6 is 23.2 Å². The van der Waals surface area contributed by atoms with Gasteiger partial charge in [-0.05, 0) is 75.2 Å². The molecule has 0 saturated carbocycles. The van der Waals surface area contributed by atoms with Crippen molar-refractivity contribution in [1.82, 2.24) is 9.88 Å². The van der Waals surface area contributed by atoms with Crippen LogP contribution in [0.1, 0.15) is 29.6 Å². The predicted molar refractivity (Wildman–Crippen MR) is 115 cm³/mol. The maximum Gasteiger partial charge on any atom is 0.338 e. The molecule has 0 radical (unpaired) electrons. The summed E-state index contributed by atoms with van der Waals surface area (Å²) in [5, 5.41) is 1.01. The Kier molecular flexibility index (Phi) is 6.09. The molecule has 2 heterocycles. The minimum Gasteiger partial charge on any atom is -0.462 e. The summed E-state index contributed by atoms with van der Waals surface area (Å²) in [6.45, 7) is 2.72. The van der Waals surface area contributed by atoms with E-state index in [0.29, 0.717) is 50.7 Å². The zero-order valence-electron chi connectivity index (χ0n) is 16.2. The van der Waals surface area contributed by atoms with Crippen molar-refractivity contribution in [2.75, 3.05) is 26.7 Å². The van der Waals surface area contributed by atoms with Gasteiger partial charge in [0.25, 0.3) is 0 Å². The third-order valence-corrected chi connectivity index (χ3v) is 5.65. The molecule has 2 aromatic carbocycles. The summed E-state index contributed by atoms with van der Waals surface area (Å²) in [7, 11) is 2.14. The second-order valence-corrected chi connectivity index (χ2v) is 8.43. The zero-order chi connectivity index (χ0) is 20.4. The van der Waals surface area contributed by atoms with Gasteiger partial charge < -0.3 is 14.1 Å². The molecule has 1 saturated heterocycles. The number of ether oxygens (including phenoxy) is 1. The first kappa shape index (κ1) is 20.2. The van der Waals surface area contributed by atoms with Gasteiger partial charge in [-0.2, -0.15) is 0 Å². The lowest BCUT2D eigenvalue weighted by Gasteiger charge is -2.10. The Bertz CT molecular complexity index is 1010. The van der Waals surface area contributed by atoms with Gasteiger partial charge in [-0.25, -0.2) is 9.78 Å². The third-order valence-electron chi connectivity index (χ3n) is 5.21. The maximum atomic E-state index is 12.4. The number of nitrogens with zero attached hydrogens (tertiary/aromatic N) is 2. The lowest BCUT2D eigenvalue weighted by molar-refractivity contribution is 0.0494. The van der Waals surface area contributed by atoms with Crippen LogP contribution in [0.2, 0.25) is 10.0 Å². The van der Waals surface area contributed by atoms with Crippen LogP contribution in [0.25, 0.3) is 22.6 Å². The van der Waals surface area contributed by atoms with Crippen molar-refractivity contribution < 1.29 is 13.9 Å². The molecule has 1 fully saturated rings. The number of carbonyl (C=O) groups excluding carboxylic acids is 1. The summed E-state index contributed by atoms with van der Waals surface area (Å²) >= 11 is 12.1. The minimum atomic E-state index is -0.348. The molecule has 0 spiro atoms. The van der Waals surface area contributed by atoms with Crippen molar-refractivity contribution in [1.29, 1.82) is 0 Å². The van der Waals surface area contributed by atoms with E-state index in [1.54, 1.807) is 36.4 Å². The monoisotopic (exact) mass is 432 g/mol. The van der Waals surface area contributed by atoms with Crippen LogP contribution in [0.4, 0.5) is 0 Å². The molecular weight excluding hydrogens is 411 g/mol. The molecule has 29 heavy (non-hydrogen) atoms. The van der Waals surface area contributed by atoms with Crippen molar-refractivity contribution in [2.24, 2.45) is 5.92 Å². The molecule has 5 nitrogen and oxygen atoms in total. The van der Waals surface area contributed by atoms with Crippen molar-refractivity contribution >= 4 is 40.3 Å². The Morgan fingerprint density at radius 3 is 2.76 bits per heavy atom. The van der Waals surface area contributed by atoms with E-state index in [1.165, 1.54) is 6.42 Å². The minimum absolute atomic E-state index is 0.348. The lowest BCUT2D eigenvalue weighted by Crippen LogP contribution is -2.14. The van der Waals surface area contributed by atoms with Gasteiger partial charge >= 0.3 is 5.97 Å². The highest BCUT2D eigenvalue weighted by atomic mass is 35.5. The molecule has 1 aliphatic rings. The number of fused-ring (bicyclic) bond motifs is 1. The van der Waals surface area contributed by atoms with Gasteiger partial charge in [0.05, 0.1) is 12.2 Å².